The molecule has 0 N–H and O–H groups in total. The summed E-state index contributed by atoms with van der Waals surface area (Å²) >= 11 is 5.85. The molecule has 0 bridgehead atoms. The minimum absolute atomic E-state index is 0.115. The fourth-order valence-corrected chi connectivity index (χ4v) is 2.64. The number of unbranched alkanes of at least 4 members (excludes halogenated alkanes) is 1. The van der Waals surface area contributed by atoms with Gasteiger partial charge < -0.3 is 9.47 Å². The smallest absolute Gasteiger partial charge is 0.434 e. The summed E-state index contributed by atoms with van der Waals surface area (Å²) < 4.78 is 12.7. The molecule has 3 aromatic rings. The van der Waals surface area contributed by atoms with Gasteiger partial charge in [0.05, 0.1) is 23.8 Å². The van der Waals surface area contributed by atoms with E-state index in [0.29, 0.717) is 22.9 Å². The lowest BCUT2D eigenvalue weighted by Gasteiger charge is -2.13. The molecule has 150 valence electrons. The third kappa shape index (κ3) is 6.19. The summed E-state index contributed by atoms with van der Waals surface area (Å²) in [7, 11) is 0. The second-order valence-corrected chi connectivity index (χ2v) is 6.73. The summed E-state index contributed by atoms with van der Waals surface area (Å²) in [6.07, 6.45) is 2.74. The summed E-state index contributed by atoms with van der Waals surface area (Å²) in [5.41, 5.74) is 1.69. The Labute approximate surface area is 174 Å². The average Bonchev–Trinajstić information content (AvgIpc) is 2.74. The summed E-state index contributed by atoms with van der Waals surface area (Å²) in [5, 5.41) is 5.38. The number of para-hydroxylation sites is 1. The van der Waals surface area contributed by atoms with Gasteiger partial charge in [-0.3, -0.25) is 0 Å². The number of halogens is 1. The van der Waals surface area contributed by atoms with E-state index < -0.39 is 6.09 Å². The standard InChI is InChI=1S/C22H22ClN3O3/c1-2-3-13-28-21-14-19(15-24-26(21)20-7-5-4-6-8-20)25-22(27)29-16-17-9-11-18(23)12-10-17/h4-12,14-15H,2-3,13,16H2,1H3/b25-19+. The van der Waals surface area contributed by atoms with Crippen LogP contribution < -0.4 is 10.1 Å². The van der Waals surface area contributed by atoms with E-state index in [-0.39, 0.29) is 6.61 Å². The van der Waals surface area contributed by atoms with Crippen LogP contribution in [0.5, 0.6) is 5.88 Å². The molecule has 7 heteroatoms. The predicted molar refractivity (Wildman–Crippen MR) is 111 cm³/mol. The molecule has 0 radical (unpaired) electrons. The van der Waals surface area contributed by atoms with Gasteiger partial charge in [0.25, 0.3) is 0 Å². The van der Waals surface area contributed by atoms with E-state index in [2.05, 4.69) is 17.0 Å². The lowest BCUT2D eigenvalue weighted by atomic mass is 10.2. The van der Waals surface area contributed by atoms with E-state index in [9.17, 15) is 4.79 Å². The Bertz CT molecular complexity index is 1000. The quantitative estimate of drug-likeness (QED) is 0.516. The number of rotatable bonds is 7. The van der Waals surface area contributed by atoms with Crippen molar-refractivity contribution in [3.8, 4) is 11.6 Å². The highest BCUT2D eigenvalue weighted by atomic mass is 35.5. The Morgan fingerprint density at radius 2 is 1.90 bits per heavy atom. The van der Waals surface area contributed by atoms with Gasteiger partial charge >= 0.3 is 6.09 Å². The maximum atomic E-state index is 12.1. The zero-order valence-corrected chi connectivity index (χ0v) is 16.9. The zero-order valence-electron chi connectivity index (χ0n) is 16.1. The zero-order chi connectivity index (χ0) is 20.5. The van der Waals surface area contributed by atoms with Gasteiger partial charge in [-0.15, -0.1) is 0 Å². The molecule has 29 heavy (non-hydrogen) atoms. The number of nitrogens with zero attached hydrogens (tertiary/aromatic N) is 3. The average molecular weight is 412 g/mol. The van der Waals surface area contributed by atoms with E-state index in [1.165, 1.54) is 6.20 Å². The van der Waals surface area contributed by atoms with Crippen LogP contribution in [0.15, 0.2) is 71.9 Å². The Kier molecular flexibility index (Phi) is 7.41. The van der Waals surface area contributed by atoms with Crippen molar-refractivity contribution in [3.63, 3.8) is 0 Å². The molecule has 6 nitrogen and oxygen atoms in total. The molecule has 3 rings (SSSR count). The number of carbonyl (C=O) groups excluding carboxylic acids is 1. The van der Waals surface area contributed by atoms with Crippen LogP contribution in [-0.4, -0.2) is 22.5 Å². The van der Waals surface area contributed by atoms with Gasteiger partial charge in [0.2, 0.25) is 5.88 Å². The summed E-state index contributed by atoms with van der Waals surface area (Å²) in [6, 6.07) is 18.4. The molecule has 2 aromatic carbocycles. The SMILES string of the molecule is CCCCOc1c/c(=N\C(=O)OCc2ccc(Cl)cc2)cnn1-c1ccccc1. The van der Waals surface area contributed by atoms with Gasteiger partial charge in [0, 0.05) is 11.1 Å². The number of carbonyl (C=O) groups is 1. The van der Waals surface area contributed by atoms with Crippen molar-refractivity contribution < 1.29 is 14.3 Å². The first-order chi connectivity index (χ1) is 14.2. The Balaban J connectivity index is 1.77. The molecule has 1 heterocycles. The van der Waals surface area contributed by atoms with E-state index in [1.807, 2.05) is 30.3 Å². The fraction of sp³-hybridized carbons (Fsp3) is 0.227. The third-order valence-electron chi connectivity index (χ3n) is 4.03. The van der Waals surface area contributed by atoms with Crippen LogP contribution >= 0.6 is 11.6 Å². The maximum Gasteiger partial charge on any atom is 0.434 e. The largest absolute Gasteiger partial charge is 0.478 e. The molecule has 0 spiro atoms. The molecule has 0 aliphatic carbocycles. The van der Waals surface area contributed by atoms with E-state index in [4.69, 9.17) is 21.1 Å². The first kappa shape index (κ1) is 20.6. The normalized spacial score (nSPS) is 11.3. The molecule has 1 amide bonds. The second-order valence-electron chi connectivity index (χ2n) is 6.29. The van der Waals surface area contributed by atoms with E-state index in [1.54, 1.807) is 35.0 Å². The summed E-state index contributed by atoms with van der Waals surface area (Å²) in [5.74, 6) is 0.511. The van der Waals surface area contributed by atoms with Crippen LogP contribution in [0.25, 0.3) is 5.69 Å². The van der Waals surface area contributed by atoms with Gasteiger partial charge in [-0.25, -0.2) is 9.48 Å². The summed E-state index contributed by atoms with van der Waals surface area (Å²) in [4.78, 5) is 16.1. The molecule has 1 aromatic heterocycles. The second kappa shape index (κ2) is 10.4. The van der Waals surface area contributed by atoms with Crippen molar-refractivity contribution in [2.45, 2.75) is 26.4 Å². The highest BCUT2D eigenvalue weighted by molar-refractivity contribution is 6.30. The van der Waals surface area contributed by atoms with Crippen molar-refractivity contribution in [2.75, 3.05) is 6.61 Å². The number of ether oxygens (including phenoxy) is 2. The number of hydrogen-bond acceptors (Lipinski definition) is 4. The van der Waals surface area contributed by atoms with Crippen molar-refractivity contribution in [1.82, 2.24) is 9.78 Å². The molecular weight excluding hydrogens is 390 g/mol. The van der Waals surface area contributed by atoms with Crippen molar-refractivity contribution in [3.05, 3.63) is 82.8 Å². The molecule has 0 aliphatic rings. The Morgan fingerprint density at radius 1 is 1.14 bits per heavy atom. The molecule has 0 saturated heterocycles. The van der Waals surface area contributed by atoms with Gasteiger partial charge in [-0.2, -0.15) is 10.1 Å². The first-order valence-corrected chi connectivity index (χ1v) is 9.77. The predicted octanol–water partition coefficient (Wildman–Crippen LogP) is 4.94. The maximum absolute atomic E-state index is 12.1. The molecule has 0 unspecified atom stereocenters. The fourth-order valence-electron chi connectivity index (χ4n) is 2.51. The van der Waals surface area contributed by atoms with Crippen LogP contribution in [0.2, 0.25) is 5.02 Å². The number of hydrogen-bond donors (Lipinski definition) is 0. The Hall–Kier alpha value is -3.12. The lowest BCUT2D eigenvalue weighted by molar-refractivity contribution is 0.150. The van der Waals surface area contributed by atoms with Crippen LogP contribution in [0.1, 0.15) is 25.3 Å². The highest BCUT2D eigenvalue weighted by Gasteiger charge is 2.07. The van der Waals surface area contributed by atoms with Crippen molar-refractivity contribution in [2.24, 2.45) is 4.99 Å². The Morgan fingerprint density at radius 3 is 2.62 bits per heavy atom. The minimum atomic E-state index is -0.696. The molecule has 0 fully saturated rings. The molecule has 0 saturated carbocycles. The third-order valence-corrected chi connectivity index (χ3v) is 4.28. The molecule has 0 aliphatic heterocycles. The molecule has 0 atom stereocenters. The van der Waals surface area contributed by atoms with Crippen LogP contribution in [-0.2, 0) is 11.3 Å². The number of aromatic nitrogens is 2. The van der Waals surface area contributed by atoms with Gasteiger partial charge in [0.1, 0.15) is 6.61 Å². The van der Waals surface area contributed by atoms with E-state index in [0.717, 1.165) is 24.1 Å². The van der Waals surface area contributed by atoms with Crippen molar-refractivity contribution in [1.29, 1.82) is 0 Å². The number of amides is 1. The number of benzene rings is 2. The van der Waals surface area contributed by atoms with Gasteiger partial charge in [-0.1, -0.05) is 55.3 Å². The molecular formula is C22H22ClN3O3. The van der Waals surface area contributed by atoms with Crippen LogP contribution in [0.4, 0.5) is 4.79 Å². The first-order valence-electron chi connectivity index (χ1n) is 9.39. The van der Waals surface area contributed by atoms with E-state index >= 15 is 0 Å². The monoisotopic (exact) mass is 411 g/mol. The minimum Gasteiger partial charge on any atom is -0.478 e. The topological polar surface area (TPSA) is 65.7 Å². The summed E-state index contributed by atoms with van der Waals surface area (Å²) in [6.45, 7) is 2.76. The van der Waals surface area contributed by atoms with Gasteiger partial charge in [0.15, 0.2) is 0 Å². The lowest BCUT2D eigenvalue weighted by Crippen LogP contribution is -2.16. The highest BCUT2D eigenvalue weighted by Crippen LogP contribution is 2.15. The van der Waals surface area contributed by atoms with Crippen molar-refractivity contribution >= 4 is 17.7 Å². The van der Waals surface area contributed by atoms with Gasteiger partial charge in [-0.05, 0) is 36.2 Å². The van der Waals surface area contributed by atoms with Crippen LogP contribution in [0.3, 0.4) is 0 Å². The van der Waals surface area contributed by atoms with Crippen LogP contribution in [0, 0.1) is 0 Å².